The van der Waals surface area contributed by atoms with Gasteiger partial charge in [0.2, 0.25) is 0 Å². The number of aliphatic hydroxyl groups excluding tert-OH is 1. The fourth-order valence-electron chi connectivity index (χ4n) is 1.43. The molecule has 1 aromatic carbocycles. The first-order chi connectivity index (χ1) is 9.88. The molecule has 7 nitrogen and oxygen atoms in total. The van der Waals surface area contributed by atoms with E-state index in [9.17, 15) is 13.2 Å². The molecular weight excluding hydrogens is 296 g/mol. The second-order valence-corrected chi connectivity index (χ2v) is 5.35. The van der Waals surface area contributed by atoms with Crippen LogP contribution in [0.5, 0.6) is 0 Å². The topological polar surface area (TPSA) is 105 Å². The average molecular weight is 312 g/mol. The molecule has 0 heterocycles. The summed E-state index contributed by atoms with van der Waals surface area (Å²) < 4.78 is 31.9. The van der Waals surface area contributed by atoms with Crippen molar-refractivity contribution in [2.24, 2.45) is 0 Å². The van der Waals surface area contributed by atoms with Crippen molar-refractivity contribution in [2.75, 3.05) is 17.9 Å². The summed E-state index contributed by atoms with van der Waals surface area (Å²) in [6.45, 7) is 3.09. The number of anilines is 1. The van der Waals surface area contributed by atoms with E-state index in [4.69, 9.17) is 5.11 Å². The maximum Gasteiger partial charge on any atom is 0.422 e. The van der Waals surface area contributed by atoms with Crippen LogP contribution in [0.2, 0.25) is 0 Å². The second-order valence-electron chi connectivity index (χ2n) is 3.94. The minimum absolute atomic E-state index is 0.0547. The molecule has 0 aliphatic carbocycles. The van der Waals surface area contributed by atoms with Crippen LogP contribution >= 0.6 is 0 Å². The summed E-state index contributed by atoms with van der Waals surface area (Å²) in [5.74, 6) is 5.07. The second kappa shape index (κ2) is 7.52. The number of hydrogen-bond acceptors (Lipinski definition) is 5. The van der Waals surface area contributed by atoms with Crippen molar-refractivity contribution >= 4 is 22.0 Å². The number of aryl methyl sites for hydroxylation is 1. The van der Waals surface area contributed by atoms with E-state index in [1.165, 1.54) is 6.07 Å². The van der Waals surface area contributed by atoms with Gasteiger partial charge in [-0.1, -0.05) is 17.9 Å². The number of carbonyl (C=O) groups excluding carboxylic acids is 1. The third-order valence-electron chi connectivity index (χ3n) is 2.21. The monoisotopic (exact) mass is 312 g/mol. The Balaban J connectivity index is 2.99. The Morgan fingerprint density at radius 3 is 2.76 bits per heavy atom. The van der Waals surface area contributed by atoms with Gasteiger partial charge in [0.1, 0.15) is 6.61 Å². The fraction of sp³-hybridized carbons (Fsp3) is 0.308. The lowest BCUT2D eigenvalue weighted by Crippen LogP contribution is -2.35. The predicted octanol–water partition coefficient (Wildman–Crippen LogP) is 0.742. The molecule has 1 aromatic rings. The van der Waals surface area contributed by atoms with Gasteiger partial charge in [-0.25, -0.2) is 9.52 Å². The summed E-state index contributed by atoms with van der Waals surface area (Å²) >= 11 is 0. The molecule has 21 heavy (non-hydrogen) atoms. The first-order valence-electron chi connectivity index (χ1n) is 6.05. The minimum atomic E-state index is -4.12. The minimum Gasteiger partial charge on any atom is -0.449 e. The van der Waals surface area contributed by atoms with Gasteiger partial charge in [-0.3, -0.25) is 4.72 Å². The summed E-state index contributed by atoms with van der Waals surface area (Å²) in [7, 11) is -4.12. The van der Waals surface area contributed by atoms with Crippen LogP contribution in [-0.4, -0.2) is 32.8 Å². The Hall–Kier alpha value is -2.24. The highest BCUT2D eigenvalue weighted by Crippen LogP contribution is 2.17. The van der Waals surface area contributed by atoms with E-state index >= 15 is 0 Å². The Kier molecular flexibility index (Phi) is 6.02. The van der Waals surface area contributed by atoms with Gasteiger partial charge in [0.05, 0.1) is 12.3 Å². The van der Waals surface area contributed by atoms with E-state index in [0.717, 1.165) is 5.56 Å². The van der Waals surface area contributed by atoms with Crippen molar-refractivity contribution in [1.29, 1.82) is 0 Å². The zero-order valence-electron chi connectivity index (χ0n) is 11.6. The van der Waals surface area contributed by atoms with Gasteiger partial charge >= 0.3 is 16.3 Å². The smallest absolute Gasteiger partial charge is 0.422 e. The van der Waals surface area contributed by atoms with E-state index in [2.05, 4.69) is 21.3 Å². The predicted molar refractivity (Wildman–Crippen MR) is 77.8 cm³/mol. The van der Waals surface area contributed by atoms with E-state index in [1.807, 2.05) is 6.92 Å². The zero-order valence-corrected chi connectivity index (χ0v) is 12.5. The average Bonchev–Trinajstić information content (AvgIpc) is 2.38. The SMILES string of the molecule is CCOC(=O)NS(=O)(=O)Nc1ccc(C)cc1C#CCO. The normalized spacial score (nSPS) is 10.2. The molecule has 1 rings (SSSR count). The number of ether oxygens (including phenoxy) is 1. The van der Waals surface area contributed by atoms with Crippen LogP contribution in [-0.2, 0) is 14.9 Å². The largest absolute Gasteiger partial charge is 0.449 e. The number of aliphatic hydroxyl groups is 1. The molecule has 1 amide bonds. The molecule has 0 radical (unpaired) electrons. The van der Waals surface area contributed by atoms with E-state index in [0.29, 0.717) is 5.56 Å². The molecule has 0 spiro atoms. The van der Waals surface area contributed by atoms with Crippen molar-refractivity contribution in [3.05, 3.63) is 29.3 Å². The van der Waals surface area contributed by atoms with Gasteiger partial charge in [0.25, 0.3) is 0 Å². The maximum atomic E-state index is 11.8. The highest BCUT2D eigenvalue weighted by molar-refractivity contribution is 7.91. The van der Waals surface area contributed by atoms with Crippen LogP contribution in [0.3, 0.4) is 0 Å². The van der Waals surface area contributed by atoms with Gasteiger partial charge in [-0.2, -0.15) is 8.42 Å². The molecule has 0 bridgehead atoms. The molecule has 0 saturated heterocycles. The first-order valence-corrected chi connectivity index (χ1v) is 7.54. The highest BCUT2D eigenvalue weighted by atomic mass is 32.2. The molecule has 0 aliphatic heterocycles. The lowest BCUT2D eigenvalue weighted by molar-refractivity contribution is 0.159. The van der Waals surface area contributed by atoms with Crippen molar-refractivity contribution < 1.29 is 23.1 Å². The quantitative estimate of drug-likeness (QED) is 0.711. The summed E-state index contributed by atoms with van der Waals surface area (Å²) in [5, 5.41) is 8.71. The van der Waals surface area contributed by atoms with E-state index < -0.39 is 16.3 Å². The van der Waals surface area contributed by atoms with Crippen LogP contribution in [0.25, 0.3) is 0 Å². The van der Waals surface area contributed by atoms with Gasteiger partial charge in [0.15, 0.2) is 0 Å². The number of nitrogens with one attached hydrogen (secondary N) is 2. The Morgan fingerprint density at radius 1 is 1.43 bits per heavy atom. The molecule has 114 valence electrons. The van der Waals surface area contributed by atoms with Crippen molar-refractivity contribution in [1.82, 2.24) is 4.72 Å². The fourth-order valence-corrected chi connectivity index (χ4v) is 2.22. The van der Waals surface area contributed by atoms with Gasteiger partial charge in [-0.05, 0) is 31.5 Å². The van der Waals surface area contributed by atoms with Crippen molar-refractivity contribution in [2.45, 2.75) is 13.8 Å². The van der Waals surface area contributed by atoms with Crippen LogP contribution in [0.15, 0.2) is 18.2 Å². The van der Waals surface area contributed by atoms with Crippen LogP contribution in [0, 0.1) is 18.8 Å². The number of benzene rings is 1. The third kappa shape index (κ3) is 5.72. The third-order valence-corrected chi connectivity index (χ3v) is 3.14. The number of carbonyl (C=O) groups is 1. The Labute approximate surface area is 123 Å². The zero-order chi connectivity index (χ0) is 15.9. The standard InChI is InChI=1S/C13H16N2O5S/c1-3-20-13(17)15-21(18,19)14-12-7-6-10(2)9-11(12)5-4-8-16/h6-7,9,14,16H,3,8H2,1-2H3,(H,15,17). The van der Waals surface area contributed by atoms with Gasteiger partial charge in [0, 0.05) is 5.56 Å². The van der Waals surface area contributed by atoms with Crippen LogP contribution < -0.4 is 9.44 Å². The van der Waals surface area contributed by atoms with Crippen LogP contribution in [0.4, 0.5) is 10.5 Å². The summed E-state index contributed by atoms with van der Waals surface area (Å²) in [5.41, 5.74) is 1.45. The Morgan fingerprint density at radius 2 is 2.14 bits per heavy atom. The summed E-state index contributed by atoms with van der Waals surface area (Å²) in [4.78, 5) is 11.1. The molecular formula is C13H16N2O5S. The number of amides is 1. The van der Waals surface area contributed by atoms with Crippen molar-refractivity contribution in [3.8, 4) is 11.8 Å². The summed E-state index contributed by atoms with van der Waals surface area (Å²) in [6.07, 6.45) is -1.07. The molecule has 0 atom stereocenters. The molecule has 8 heteroatoms. The highest BCUT2D eigenvalue weighted by Gasteiger charge is 2.16. The van der Waals surface area contributed by atoms with Gasteiger partial charge < -0.3 is 9.84 Å². The van der Waals surface area contributed by atoms with E-state index in [1.54, 1.807) is 23.8 Å². The molecule has 0 fully saturated rings. The lowest BCUT2D eigenvalue weighted by atomic mass is 10.1. The van der Waals surface area contributed by atoms with Crippen LogP contribution in [0.1, 0.15) is 18.1 Å². The van der Waals surface area contributed by atoms with Crippen molar-refractivity contribution in [3.63, 3.8) is 0 Å². The first kappa shape index (κ1) is 16.8. The molecule has 0 aliphatic rings. The Bertz CT molecular complexity index is 674. The lowest BCUT2D eigenvalue weighted by Gasteiger charge is -2.11. The molecule has 3 N–H and O–H groups in total. The number of rotatable bonds is 4. The van der Waals surface area contributed by atoms with E-state index in [-0.39, 0.29) is 18.9 Å². The molecule has 0 aromatic heterocycles. The maximum absolute atomic E-state index is 11.8. The van der Waals surface area contributed by atoms with Gasteiger partial charge in [-0.15, -0.1) is 0 Å². The number of hydrogen-bond donors (Lipinski definition) is 3. The molecule has 0 saturated carbocycles. The summed E-state index contributed by atoms with van der Waals surface area (Å²) in [6, 6.07) is 4.86. The molecule has 0 unspecified atom stereocenters.